The highest BCUT2D eigenvalue weighted by Crippen LogP contribution is 2.15. The number of hydrogen-bond donors (Lipinski definition) is 2. The third-order valence-corrected chi connectivity index (χ3v) is 4.15. The molecule has 0 N–H and O–H groups in total. The summed E-state index contributed by atoms with van der Waals surface area (Å²) >= 11 is 8.53. The van der Waals surface area contributed by atoms with Crippen molar-refractivity contribution in [3.8, 4) is 0 Å². The Balaban J connectivity index is 1.85. The van der Waals surface area contributed by atoms with E-state index in [0.717, 1.165) is 38.3 Å². The maximum atomic E-state index is 13.1. The van der Waals surface area contributed by atoms with Crippen LogP contribution in [0, 0.1) is 17.5 Å². The molecule has 1 saturated heterocycles. The first-order valence-corrected chi connectivity index (χ1v) is 7.46. The van der Waals surface area contributed by atoms with Crippen LogP contribution >= 0.6 is 25.3 Å². The Labute approximate surface area is 127 Å². The van der Waals surface area contributed by atoms with Crippen LogP contribution in [0.25, 0.3) is 0 Å². The van der Waals surface area contributed by atoms with E-state index in [-0.39, 0.29) is 4.71 Å². The molecular formula is C13H17F3N2S2. The highest BCUT2D eigenvalue weighted by atomic mass is 32.2. The van der Waals surface area contributed by atoms with Crippen LogP contribution in [-0.4, -0.2) is 47.2 Å². The fourth-order valence-corrected chi connectivity index (χ4v) is 2.72. The van der Waals surface area contributed by atoms with Crippen LogP contribution in [0.15, 0.2) is 12.1 Å². The Morgan fingerprint density at radius 1 is 1.00 bits per heavy atom. The van der Waals surface area contributed by atoms with Gasteiger partial charge in [-0.1, -0.05) is 0 Å². The van der Waals surface area contributed by atoms with Gasteiger partial charge in [0.25, 0.3) is 0 Å². The average Bonchev–Trinajstić information content (AvgIpc) is 2.42. The van der Waals surface area contributed by atoms with E-state index in [0.29, 0.717) is 18.5 Å². The van der Waals surface area contributed by atoms with Gasteiger partial charge in [0.05, 0.1) is 4.71 Å². The van der Waals surface area contributed by atoms with Crippen LogP contribution in [0.1, 0.15) is 5.56 Å². The highest BCUT2D eigenvalue weighted by molar-refractivity contribution is 7.99. The molecule has 0 amide bonds. The minimum absolute atomic E-state index is 0.0579. The van der Waals surface area contributed by atoms with Crippen LogP contribution in [-0.2, 0) is 6.42 Å². The summed E-state index contributed by atoms with van der Waals surface area (Å²) in [6.45, 7) is 4.16. The SMILES string of the molecule is Fc1cc(CCN2CCN(C(S)S)CC2)cc(F)c1F. The molecule has 112 valence electrons. The van der Waals surface area contributed by atoms with Gasteiger partial charge in [0.15, 0.2) is 17.5 Å². The zero-order valence-electron chi connectivity index (χ0n) is 10.9. The van der Waals surface area contributed by atoms with Gasteiger partial charge >= 0.3 is 0 Å². The van der Waals surface area contributed by atoms with Crippen molar-refractivity contribution >= 4 is 25.3 Å². The summed E-state index contributed by atoms with van der Waals surface area (Å²) in [5.41, 5.74) is 0.477. The molecule has 7 heteroatoms. The molecule has 1 heterocycles. The number of thiol groups is 2. The van der Waals surface area contributed by atoms with E-state index >= 15 is 0 Å². The predicted molar refractivity (Wildman–Crippen MR) is 79.8 cm³/mol. The van der Waals surface area contributed by atoms with Crippen molar-refractivity contribution in [3.05, 3.63) is 35.1 Å². The fourth-order valence-electron chi connectivity index (χ4n) is 2.26. The van der Waals surface area contributed by atoms with Gasteiger partial charge in [0, 0.05) is 32.7 Å². The highest BCUT2D eigenvalue weighted by Gasteiger charge is 2.19. The van der Waals surface area contributed by atoms with E-state index in [4.69, 9.17) is 0 Å². The Hall–Kier alpha value is -0.370. The molecule has 2 rings (SSSR count). The quantitative estimate of drug-likeness (QED) is 0.499. The summed E-state index contributed by atoms with van der Waals surface area (Å²) < 4.78 is 39.0. The molecule has 20 heavy (non-hydrogen) atoms. The van der Waals surface area contributed by atoms with Crippen LogP contribution in [0.5, 0.6) is 0 Å². The van der Waals surface area contributed by atoms with Crippen molar-refractivity contribution in [1.82, 2.24) is 9.80 Å². The van der Waals surface area contributed by atoms with Crippen molar-refractivity contribution < 1.29 is 13.2 Å². The lowest BCUT2D eigenvalue weighted by Gasteiger charge is -2.36. The van der Waals surface area contributed by atoms with Crippen LogP contribution in [0.3, 0.4) is 0 Å². The van der Waals surface area contributed by atoms with Gasteiger partial charge in [0.2, 0.25) is 0 Å². The van der Waals surface area contributed by atoms with Crippen LogP contribution < -0.4 is 0 Å². The number of hydrogen-bond acceptors (Lipinski definition) is 4. The molecule has 1 aliphatic rings. The molecule has 0 saturated carbocycles. The molecule has 0 unspecified atom stereocenters. The van der Waals surface area contributed by atoms with Gasteiger partial charge in [0.1, 0.15) is 0 Å². The molecule has 0 spiro atoms. The Kier molecular flexibility index (Phi) is 5.65. The molecule has 1 aliphatic heterocycles. The monoisotopic (exact) mass is 322 g/mol. The minimum Gasteiger partial charge on any atom is -0.300 e. The molecular weight excluding hydrogens is 305 g/mol. The van der Waals surface area contributed by atoms with E-state index in [1.807, 2.05) is 0 Å². The van der Waals surface area contributed by atoms with E-state index < -0.39 is 17.5 Å². The van der Waals surface area contributed by atoms with Crippen molar-refractivity contribution in [2.24, 2.45) is 0 Å². The summed E-state index contributed by atoms with van der Waals surface area (Å²) in [4.78, 5) is 4.35. The minimum atomic E-state index is -1.41. The lowest BCUT2D eigenvalue weighted by atomic mass is 10.1. The molecule has 0 bridgehead atoms. The summed E-state index contributed by atoms with van der Waals surface area (Å²) in [7, 11) is 0. The number of nitrogens with zero attached hydrogens (tertiary/aromatic N) is 2. The average molecular weight is 322 g/mol. The maximum Gasteiger partial charge on any atom is 0.194 e. The third kappa shape index (κ3) is 4.07. The van der Waals surface area contributed by atoms with Crippen LogP contribution in [0.4, 0.5) is 13.2 Å². The van der Waals surface area contributed by atoms with Crippen molar-refractivity contribution in [1.29, 1.82) is 0 Å². The van der Waals surface area contributed by atoms with Crippen molar-refractivity contribution in [2.45, 2.75) is 11.1 Å². The molecule has 2 nitrogen and oxygen atoms in total. The van der Waals surface area contributed by atoms with E-state index in [2.05, 4.69) is 35.1 Å². The smallest absolute Gasteiger partial charge is 0.194 e. The van der Waals surface area contributed by atoms with Gasteiger partial charge in [-0.3, -0.25) is 4.90 Å². The second-order valence-electron chi connectivity index (χ2n) is 4.85. The topological polar surface area (TPSA) is 6.48 Å². The van der Waals surface area contributed by atoms with Gasteiger partial charge in [-0.2, -0.15) is 0 Å². The zero-order valence-corrected chi connectivity index (χ0v) is 12.7. The summed E-state index contributed by atoms with van der Waals surface area (Å²) in [6.07, 6.45) is 0.499. The molecule has 1 aromatic rings. The first-order chi connectivity index (χ1) is 9.47. The van der Waals surface area contributed by atoms with E-state index in [9.17, 15) is 13.2 Å². The molecule has 1 aromatic carbocycles. The van der Waals surface area contributed by atoms with Gasteiger partial charge in [-0.15, -0.1) is 25.3 Å². The second kappa shape index (κ2) is 7.06. The van der Waals surface area contributed by atoms with Crippen molar-refractivity contribution in [2.75, 3.05) is 32.7 Å². The van der Waals surface area contributed by atoms with Crippen LogP contribution in [0.2, 0.25) is 0 Å². The van der Waals surface area contributed by atoms with Gasteiger partial charge in [-0.25, -0.2) is 13.2 Å². The number of piperazine rings is 1. The lowest BCUT2D eigenvalue weighted by Crippen LogP contribution is -2.48. The first-order valence-electron chi connectivity index (χ1n) is 6.43. The number of benzene rings is 1. The normalized spacial score (nSPS) is 17.9. The van der Waals surface area contributed by atoms with E-state index in [1.54, 1.807) is 0 Å². The molecule has 0 aromatic heterocycles. The Morgan fingerprint density at radius 3 is 2.05 bits per heavy atom. The molecule has 0 radical (unpaired) electrons. The molecule has 0 aliphatic carbocycles. The largest absolute Gasteiger partial charge is 0.300 e. The standard InChI is InChI=1S/C13H17F3N2S2/c14-10-7-9(8-11(15)12(10)16)1-2-17-3-5-18(6-4-17)13(19)20/h7-8,13,19-20H,1-6H2. The molecule has 1 fully saturated rings. The van der Waals surface area contributed by atoms with E-state index in [1.165, 1.54) is 0 Å². The predicted octanol–water partition coefficient (Wildman–Crippen LogP) is 2.41. The lowest BCUT2D eigenvalue weighted by molar-refractivity contribution is 0.144. The Morgan fingerprint density at radius 2 is 1.55 bits per heavy atom. The Bertz CT molecular complexity index is 440. The zero-order chi connectivity index (χ0) is 14.7. The first kappa shape index (κ1) is 16.0. The summed E-state index contributed by atoms with van der Waals surface area (Å²) in [6, 6.07) is 2.12. The third-order valence-electron chi connectivity index (χ3n) is 3.49. The second-order valence-corrected chi connectivity index (χ2v) is 6.23. The maximum absolute atomic E-state index is 13.1. The summed E-state index contributed by atoms with van der Waals surface area (Å²) in [5, 5.41) is 0. The number of halogens is 3. The van der Waals surface area contributed by atoms with Gasteiger partial charge in [-0.05, 0) is 24.1 Å². The summed E-state index contributed by atoms with van der Waals surface area (Å²) in [5.74, 6) is -3.66. The number of rotatable bonds is 4. The van der Waals surface area contributed by atoms with Gasteiger partial charge < -0.3 is 4.90 Å². The van der Waals surface area contributed by atoms with Crippen molar-refractivity contribution in [3.63, 3.8) is 0 Å². The fraction of sp³-hybridized carbons (Fsp3) is 0.538. The molecule has 0 atom stereocenters.